The zero-order chi connectivity index (χ0) is 12.9. The molecule has 3 heteroatoms. The first-order valence-corrected chi connectivity index (χ1v) is 6.39. The summed E-state index contributed by atoms with van der Waals surface area (Å²) in [5.74, 6) is 0.726. The maximum absolute atomic E-state index is 6.07. The van der Waals surface area contributed by atoms with Crippen molar-refractivity contribution in [2.75, 3.05) is 13.7 Å². The van der Waals surface area contributed by atoms with Gasteiger partial charge >= 0.3 is 0 Å². The number of rotatable bonds is 6. The van der Waals surface area contributed by atoms with Crippen molar-refractivity contribution < 1.29 is 4.74 Å². The van der Waals surface area contributed by atoms with Crippen LogP contribution in [0, 0.1) is 5.41 Å². The predicted octanol–water partition coefficient (Wildman–Crippen LogP) is 3.87. The standard InChI is InChI=1S/C14H22ClNO/c1-5-14(2,3)10-16-9-11-6-7-13(17-4)12(15)8-11/h6-8,16H,5,9-10H2,1-4H3. The lowest BCUT2D eigenvalue weighted by molar-refractivity contribution is 0.327. The fourth-order valence-electron chi connectivity index (χ4n) is 1.49. The number of methoxy groups -OCH3 is 1. The lowest BCUT2D eigenvalue weighted by Crippen LogP contribution is -2.28. The van der Waals surface area contributed by atoms with Crippen LogP contribution in [0.4, 0.5) is 0 Å². The third-order valence-electron chi connectivity index (χ3n) is 3.11. The van der Waals surface area contributed by atoms with Crippen molar-refractivity contribution >= 4 is 11.6 Å². The SMILES string of the molecule is CCC(C)(C)CNCc1ccc(OC)c(Cl)c1. The lowest BCUT2D eigenvalue weighted by atomic mass is 9.90. The van der Waals surface area contributed by atoms with Gasteiger partial charge in [-0.2, -0.15) is 0 Å². The molecule has 0 heterocycles. The number of benzene rings is 1. The smallest absolute Gasteiger partial charge is 0.137 e. The van der Waals surface area contributed by atoms with Crippen LogP contribution in [0.25, 0.3) is 0 Å². The van der Waals surface area contributed by atoms with Gasteiger partial charge in [-0.05, 0) is 29.5 Å². The second-order valence-electron chi connectivity index (χ2n) is 5.09. The van der Waals surface area contributed by atoms with Crippen molar-refractivity contribution in [3.63, 3.8) is 0 Å². The Balaban J connectivity index is 2.50. The number of nitrogens with one attached hydrogen (secondary N) is 1. The van der Waals surface area contributed by atoms with E-state index in [2.05, 4.69) is 26.1 Å². The van der Waals surface area contributed by atoms with Gasteiger partial charge < -0.3 is 10.1 Å². The fourth-order valence-corrected chi connectivity index (χ4v) is 1.77. The van der Waals surface area contributed by atoms with Crippen LogP contribution in [-0.2, 0) is 6.54 Å². The fraction of sp³-hybridized carbons (Fsp3) is 0.571. The van der Waals surface area contributed by atoms with Crippen molar-refractivity contribution in [3.05, 3.63) is 28.8 Å². The summed E-state index contributed by atoms with van der Waals surface area (Å²) in [5.41, 5.74) is 1.53. The number of ether oxygens (including phenoxy) is 1. The van der Waals surface area contributed by atoms with Crippen LogP contribution in [0.3, 0.4) is 0 Å². The highest BCUT2D eigenvalue weighted by Crippen LogP contribution is 2.25. The maximum atomic E-state index is 6.07. The van der Waals surface area contributed by atoms with Crippen LogP contribution in [-0.4, -0.2) is 13.7 Å². The molecule has 0 aromatic heterocycles. The van der Waals surface area contributed by atoms with Gasteiger partial charge in [0.2, 0.25) is 0 Å². The summed E-state index contributed by atoms with van der Waals surface area (Å²) in [4.78, 5) is 0. The molecule has 0 fully saturated rings. The minimum atomic E-state index is 0.344. The summed E-state index contributed by atoms with van der Waals surface area (Å²) in [6.07, 6.45) is 1.17. The van der Waals surface area contributed by atoms with Crippen LogP contribution in [0.2, 0.25) is 5.02 Å². The van der Waals surface area contributed by atoms with E-state index in [1.54, 1.807) is 7.11 Å². The van der Waals surface area contributed by atoms with E-state index in [4.69, 9.17) is 16.3 Å². The Labute approximate surface area is 109 Å². The molecule has 96 valence electrons. The third-order valence-corrected chi connectivity index (χ3v) is 3.40. The first-order valence-electron chi connectivity index (χ1n) is 6.01. The topological polar surface area (TPSA) is 21.3 Å². The number of halogens is 1. The van der Waals surface area contributed by atoms with E-state index in [1.807, 2.05) is 18.2 Å². The molecule has 1 aromatic carbocycles. The minimum absolute atomic E-state index is 0.344. The predicted molar refractivity (Wildman–Crippen MR) is 73.8 cm³/mol. The summed E-state index contributed by atoms with van der Waals surface area (Å²) >= 11 is 6.07. The molecule has 0 bridgehead atoms. The van der Waals surface area contributed by atoms with Gasteiger partial charge in [0.15, 0.2) is 0 Å². The number of hydrogen-bond acceptors (Lipinski definition) is 2. The van der Waals surface area contributed by atoms with Gasteiger partial charge in [-0.1, -0.05) is 38.4 Å². The minimum Gasteiger partial charge on any atom is -0.495 e. The molecule has 0 aliphatic rings. The number of hydrogen-bond donors (Lipinski definition) is 1. The van der Waals surface area contributed by atoms with E-state index < -0.39 is 0 Å². The van der Waals surface area contributed by atoms with Crippen LogP contribution in [0.15, 0.2) is 18.2 Å². The quantitative estimate of drug-likeness (QED) is 0.833. The zero-order valence-electron chi connectivity index (χ0n) is 11.1. The van der Waals surface area contributed by atoms with Crippen LogP contribution in [0.5, 0.6) is 5.75 Å². The Kier molecular flexibility index (Phi) is 5.29. The van der Waals surface area contributed by atoms with Gasteiger partial charge in [0.25, 0.3) is 0 Å². The van der Waals surface area contributed by atoms with Gasteiger partial charge in [-0.3, -0.25) is 0 Å². The lowest BCUT2D eigenvalue weighted by Gasteiger charge is -2.23. The van der Waals surface area contributed by atoms with E-state index in [0.717, 1.165) is 18.8 Å². The molecular weight excluding hydrogens is 234 g/mol. The highest BCUT2D eigenvalue weighted by atomic mass is 35.5. The van der Waals surface area contributed by atoms with E-state index in [0.29, 0.717) is 10.4 Å². The molecule has 0 aliphatic carbocycles. The molecule has 1 rings (SSSR count). The Morgan fingerprint density at radius 2 is 2.06 bits per heavy atom. The highest BCUT2D eigenvalue weighted by molar-refractivity contribution is 6.32. The van der Waals surface area contributed by atoms with Gasteiger partial charge in [0, 0.05) is 13.1 Å². The average Bonchev–Trinajstić information content (AvgIpc) is 2.29. The zero-order valence-corrected chi connectivity index (χ0v) is 11.9. The molecule has 1 aromatic rings. The summed E-state index contributed by atoms with van der Waals surface area (Å²) in [6.45, 7) is 8.59. The molecular formula is C14H22ClNO. The van der Waals surface area contributed by atoms with Gasteiger partial charge in [-0.15, -0.1) is 0 Å². The monoisotopic (exact) mass is 255 g/mol. The van der Waals surface area contributed by atoms with Crippen molar-refractivity contribution in [2.24, 2.45) is 5.41 Å². The van der Waals surface area contributed by atoms with Crippen LogP contribution < -0.4 is 10.1 Å². The first-order chi connectivity index (χ1) is 7.98. The van der Waals surface area contributed by atoms with Crippen molar-refractivity contribution in [3.8, 4) is 5.75 Å². The second-order valence-corrected chi connectivity index (χ2v) is 5.50. The van der Waals surface area contributed by atoms with Gasteiger partial charge in [0.05, 0.1) is 12.1 Å². The molecule has 17 heavy (non-hydrogen) atoms. The molecule has 0 saturated carbocycles. The normalized spacial score (nSPS) is 11.6. The van der Waals surface area contributed by atoms with Gasteiger partial charge in [0.1, 0.15) is 5.75 Å². The molecule has 0 amide bonds. The van der Waals surface area contributed by atoms with Crippen LogP contribution in [0.1, 0.15) is 32.8 Å². The molecule has 0 unspecified atom stereocenters. The van der Waals surface area contributed by atoms with Crippen molar-refractivity contribution in [2.45, 2.75) is 33.7 Å². The van der Waals surface area contributed by atoms with E-state index >= 15 is 0 Å². The Morgan fingerprint density at radius 1 is 1.35 bits per heavy atom. The molecule has 0 saturated heterocycles. The first kappa shape index (κ1) is 14.3. The summed E-state index contributed by atoms with van der Waals surface area (Å²) in [6, 6.07) is 5.90. The van der Waals surface area contributed by atoms with Crippen molar-refractivity contribution in [1.82, 2.24) is 5.32 Å². The molecule has 0 aliphatic heterocycles. The maximum Gasteiger partial charge on any atom is 0.137 e. The molecule has 0 spiro atoms. The Hall–Kier alpha value is -0.730. The summed E-state index contributed by atoms with van der Waals surface area (Å²) in [7, 11) is 1.63. The summed E-state index contributed by atoms with van der Waals surface area (Å²) < 4.78 is 5.12. The Morgan fingerprint density at radius 3 is 2.59 bits per heavy atom. The van der Waals surface area contributed by atoms with E-state index in [9.17, 15) is 0 Å². The van der Waals surface area contributed by atoms with Crippen molar-refractivity contribution in [1.29, 1.82) is 0 Å². The Bertz CT molecular complexity index is 363. The van der Waals surface area contributed by atoms with Crippen LogP contribution >= 0.6 is 11.6 Å². The summed E-state index contributed by atoms with van der Waals surface area (Å²) in [5, 5.41) is 4.13. The molecule has 0 atom stereocenters. The van der Waals surface area contributed by atoms with E-state index in [-0.39, 0.29) is 0 Å². The van der Waals surface area contributed by atoms with E-state index in [1.165, 1.54) is 12.0 Å². The molecule has 1 N–H and O–H groups in total. The largest absolute Gasteiger partial charge is 0.495 e. The molecule has 2 nitrogen and oxygen atoms in total. The average molecular weight is 256 g/mol. The highest BCUT2D eigenvalue weighted by Gasteiger charge is 2.13. The second kappa shape index (κ2) is 6.27. The van der Waals surface area contributed by atoms with Gasteiger partial charge in [-0.25, -0.2) is 0 Å². The third kappa shape index (κ3) is 4.57. The molecule has 0 radical (unpaired) electrons.